The fourth-order valence-electron chi connectivity index (χ4n) is 2.01. The molecule has 0 radical (unpaired) electrons. The summed E-state index contributed by atoms with van der Waals surface area (Å²) in [5, 5.41) is 23.1. The van der Waals surface area contributed by atoms with Gasteiger partial charge in [-0.05, 0) is 24.0 Å². The minimum atomic E-state index is -0.654. The van der Waals surface area contributed by atoms with Crippen molar-refractivity contribution in [2.75, 3.05) is 6.61 Å². The molecule has 0 aliphatic carbocycles. The summed E-state index contributed by atoms with van der Waals surface area (Å²) in [5.41, 5.74) is -0.517. The van der Waals surface area contributed by atoms with Gasteiger partial charge in [0.15, 0.2) is 0 Å². The zero-order chi connectivity index (χ0) is 16.2. The third-order valence-corrected chi connectivity index (χ3v) is 3.05. The highest BCUT2D eigenvalue weighted by molar-refractivity contribution is 6.31. The Kier molecular flexibility index (Phi) is 5.69. The highest BCUT2D eigenvalue weighted by Crippen LogP contribution is 2.24. The first-order valence-electron chi connectivity index (χ1n) is 6.49. The average molecular weight is 315 g/mol. The zero-order valence-corrected chi connectivity index (χ0v) is 13.0. The molecule has 21 heavy (non-hydrogen) atoms. The van der Waals surface area contributed by atoms with Gasteiger partial charge in [0.05, 0.1) is 17.6 Å². The Labute approximate surface area is 128 Å². The number of nitrogens with zero attached hydrogens (tertiary/aromatic N) is 1. The Morgan fingerprint density at radius 1 is 1.48 bits per heavy atom. The SMILES string of the molecule is CC(C)(C)CC(CO)NC(=O)c1ccc(Cl)cc1[N+](=O)[O-]. The first-order chi connectivity index (χ1) is 9.64. The molecule has 1 atom stereocenters. The molecule has 0 aromatic heterocycles. The lowest BCUT2D eigenvalue weighted by atomic mass is 9.88. The van der Waals surface area contributed by atoms with E-state index in [1.54, 1.807) is 0 Å². The molecule has 0 spiro atoms. The predicted octanol–water partition coefficient (Wildman–Crippen LogP) is 2.78. The number of carbonyl (C=O) groups is 1. The van der Waals surface area contributed by atoms with Crippen molar-refractivity contribution in [3.63, 3.8) is 0 Å². The van der Waals surface area contributed by atoms with Gasteiger partial charge >= 0.3 is 0 Å². The molecule has 0 aliphatic rings. The number of rotatable bonds is 5. The maximum Gasteiger partial charge on any atom is 0.283 e. The third kappa shape index (κ3) is 5.32. The van der Waals surface area contributed by atoms with Gasteiger partial charge in [0.25, 0.3) is 11.6 Å². The number of nitro groups is 1. The number of nitrogens with one attached hydrogen (secondary N) is 1. The quantitative estimate of drug-likeness (QED) is 0.645. The summed E-state index contributed by atoms with van der Waals surface area (Å²) in [7, 11) is 0. The molecule has 0 saturated heterocycles. The summed E-state index contributed by atoms with van der Waals surface area (Å²) in [6.45, 7) is 5.70. The number of nitro benzene ring substituents is 1. The van der Waals surface area contributed by atoms with E-state index in [2.05, 4.69) is 5.32 Å². The normalized spacial score (nSPS) is 12.8. The lowest BCUT2D eigenvalue weighted by Gasteiger charge is -2.25. The second-order valence-electron chi connectivity index (χ2n) is 6.04. The summed E-state index contributed by atoms with van der Waals surface area (Å²) in [4.78, 5) is 22.5. The summed E-state index contributed by atoms with van der Waals surface area (Å²) < 4.78 is 0. The van der Waals surface area contributed by atoms with E-state index in [0.29, 0.717) is 6.42 Å². The van der Waals surface area contributed by atoms with Gasteiger partial charge in [0, 0.05) is 11.1 Å². The van der Waals surface area contributed by atoms with E-state index in [9.17, 15) is 20.0 Å². The van der Waals surface area contributed by atoms with E-state index in [0.717, 1.165) is 6.07 Å². The van der Waals surface area contributed by atoms with E-state index >= 15 is 0 Å². The average Bonchev–Trinajstić information content (AvgIpc) is 2.35. The Morgan fingerprint density at radius 2 is 2.10 bits per heavy atom. The number of halogens is 1. The molecular formula is C14H19ClN2O4. The molecule has 1 unspecified atom stereocenters. The molecule has 0 fully saturated rings. The summed E-state index contributed by atoms with van der Waals surface area (Å²) in [6, 6.07) is 3.39. The van der Waals surface area contributed by atoms with Crippen LogP contribution in [0, 0.1) is 15.5 Å². The molecule has 0 heterocycles. The Balaban J connectivity index is 2.96. The first kappa shape index (κ1) is 17.4. The van der Waals surface area contributed by atoms with Crippen LogP contribution in [0.2, 0.25) is 5.02 Å². The van der Waals surface area contributed by atoms with E-state index in [4.69, 9.17) is 11.6 Å². The van der Waals surface area contributed by atoms with Crippen LogP contribution in [0.4, 0.5) is 5.69 Å². The monoisotopic (exact) mass is 314 g/mol. The van der Waals surface area contributed by atoms with Gasteiger partial charge in [-0.15, -0.1) is 0 Å². The molecule has 0 saturated carbocycles. The molecular weight excluding hydrogens is 296 g/mol. The van der Waals surface area contributed by atoms with Gasteiger partial charge in [-0.25, -0.2) is 0 Å². The molecule has 0 aliphatic heterocycles. The van der Waals surface area contributed by atoms with Crippen LogP contribution in [0.25, 0.3) is 0 Å². The molecule has 2 N–H and O–H groups in total. The van der Waals surface area contributed by atoms with Crippen molar-refractivity contribution >= 4 is 23.2 Å². The first-order valence-corrected chi connectivity index (χ1v) is 6.87. The Hall–Kier alpha value is -1.66. The van der Waals surface area contributed by atoms with E-state index in [1.165, 1.54) is 12.1 Å². The van der Waals surface area contributed by atoms with Crippen molar-refractivity contribution in [3.8, 4) is 0 Å². The van der Waals surface area contributed by atoms with Crippen molar-refractivity contribution in [1.29, 1.82) is 0 Å². The number of aliphatic hydroxyl groups excluding tert-OH is 1. The molecule has 116 valence electrons. The van der Waals surface area contributed by atoms with Crippen LogP contribution in [-0.2, 0) is 0 Å². The van der Waals surface area contributed by atoms with Crippen molar-refractivity contribution in [2.45, 2.75) is 33.2 Å². The highest BCUT2D eigenvalue weighted by atomic mass is 35.5. The molecule has 0 bridgehead atoms. The van der Waals surface area contributed by atoms with Crippen LogP contribution >= 0.6 is 11.6 Å². The number of aliphatic hydroxyl groups is 1. The lowest BCUT2D eigenvalue weighted by molar-refractivity contribution is -0.385. The van der Waals surface area contributed by atoms with Gasteiger partial charge in [0.2, 0.25) is 0 Å². The fraction of sp³-hybridized carbons (Fsp3) is 0.500. The van der Waals surface area contributed by atoms with E-state index < -0.39 is 16.9 Å². The maximum absolute atomic E-state index is 12.2. The van der Waals surface area contributed by atoms with E-state index in [-0.39, 0.29) is 28.3 Å². The molecule has 1 rings (SSSR count). The smallest absolute Gasteiger partial charge is 0.283 e. The number of amides is 1. The van der Waals surface area contributed by atoms with Gasteiger partial charge in [-0.1, -0.05) is 32.4 Å². The van der Waals surface area contributed by atoms with Crippen LogP contribution in [0.15, 0.2) is 18.2 Å². The minimum Gasteiger partial charge on any atom is -0.394 e. The predicted molar refractivity (Wildman–Crippen MR) is 80.5 cm³/mol. The minimum absolute atomic E-state index is 0.0724. The maximum atomic E-state index is 12.2. The number of hydrogen-bond donors (Lipinski definition) is 2. The van der Waals surface area contributed by atoms with Gasteiger partial charge in [0.1, 0.15) is 5.56 Å². The molecule has 1 aromatic carbocycles. The van der Waals surface area contributed by atoms with Crippen molar-refractivity contribution < 1.29 is 14.8 Å². The fourth-order valence-corrected chi connectivity index (χ4v) is 2.18. The second-order valence-corrected chi connectivity index (χ2v) is 6.47. The zero-order valence-electron chi connectivity index (χ0n) is 12.2. The Morgan fingerprint density at radius 3 is 2.57 bits per heavy atom. The summed E-state index contributed by atoms with van der Waals surface area (Å²) in [6.07, 6.45) is 0.552. The summed E-state index contributed by atoms with van der Waals surface area (Å²) in [5.74, 6) is -0.596. The van der Waals surface area contributed by atoms with Crippen molar-refractivity contribution in [3.05, 3.63) is 38.9 Å². The van der Waals surface area contributed by atoms with Gasteiger partial charge in [-0.3, -0.25) is 14.9 Å². The molecule has 1 aromatic rings. The van der Waals surface area contributed by atoms with Crippen LogP contribution in [0.1, 0.15) is 37.6 Å². The molecule has 1 amide bonds. The molecule has 6 nitrogen and oxygen atoms in total. The second kappa shape index (κ2) is 6.87. The topological polar surface area (TPSA) is 92.5 Å². The molecule has 7 heteroatoms. The van der Waals surface area contributed by atoms with Gasteiger partial charge in [-0.2, -0.15) is 0 Å². The third-order valence-electron chi connectivity index (χ3n) is 2.82. The van der Waals surface area contributed by atoms with Crippen LogP contribution in [-0.4, -0.2) is 28.6 Å². The standard InChI is InChI=1S/C14H19ClN2O4/c1-14(2,3)7-10(8-18)16-13(19)11-5-4-9(15)6-12(11)17(20)21/h4-6,10,18H,7-8H2,1-3H3,(H,16,19). The van der Waals surface area contributed by atoms with Crippen LogP contribution in [0.5, 0.6) is 0 Å². The van der Waals surface area contributed by atoms with E-state index in [1.807, 2.05) is 20.8 Å². The summed E-state index contributed by atoms with van der Waals surface area (Å²) >= 11 is 5.71. The Bertz CT molecular complexity index is 540. The van der Waals surface area contributed by atoms with Crippen molar-refractivity contribution in [2.24, 2.45) is 5.41 Å². The highest BCUT2D eigenvalue weighted by Gasteiger charge is 2.24. The number of benzene rings is 1. The van der Waals surface area contributed by atoms with Crippen molar-refractivity contribution in [1.82, 2.24) is 5.32 Å². The lowest BCUT2D eigenvalue weighted by Crippen LogP contribution is -2.40. The largest absolute Gasteiger partial charge is 0.394 e. The van der Waals surface area contributed by atoms with Crippen LogP contribution in [0.3, 0.4) is 0 Å². The van der Waals surface area contributed by atoms with Gasteiger partial charge < -0.3 is 10.4 Å². The number of carbonyl (C=O) groups excluding carboxylic acids is 1. The number of hydrogen-bond acceptors (Lipinski definition) is 4. The van der Waals surface area contributed by atoms with Crippen LogP contribution < -0.4 is 5.32 Å².